The maximum atomic E-state index is 12.4. The monoisotopic (exact) mass is 397 g/mol. The van der Waals surface area contributed by atoms with E-state index in [9.17, 15) is 9.59 Å². The maximum absolute atomic E-state index is 12.4. The van der Waals surface area contributed by atoms with Crippen LogP contribution in [0.2, 0.25) is 0 Å². The Labute approximate surface area is 171 Å². The van der Waals surface area contributed by atoms with Gasteiger partial charge in [-0.3, -0.25) is 15.0 Å². The predicted octanol–water partition coefficient (Wildman–Crippen LogP) is 2.30. The summed E-state index contributed by atoms with van der Waals surface area (Å²) in [6, 6.07) is 15.7. The van der Waals surface area contributed by atoms with Crippen molar-refractivity contribution in [3.05, 3.63) is 78.4 Å². The number of ether oxygens (including phenoxy) is 2. The van der Waals surface area contributed by atoms with Gasteiger partial charge in [0.25, 0.3) is 5.91 Å². The zero-order valence-corrected chi connectivity index (χ0v) is 16.9. The van der Waals surface area contributed by atoms with Crippen LogP contribution in [0.25, 0.3) is 0 Å². The van der Waals surface area contributed by atoms with Crippen molar-refractivity contribution in [2.75, 3.05) is 26.1 Å². The van der Waals surface area contributed by atoms with Gasteiger partial charge >= 0.3 is 5.97 Å². The van der Waals surface area contributed by atoms with E-state index in [1.807, 2.05) is 61.5 Å². The molecule has 0 unspecified atom stereocenters. The lowest BCUT2D eigenvalue weighted by atomic mass is 10.1. The van der Waals surface area contributed by atoms with Gasteiger partial charge in [0.05, 0.1) is 13.7 Å². The number of anilines is 1. The Bertz CT molecular complexity index is 807. The molecular formula is C22H27N3O4. The Morgan fingerprint density at radius 3 is 2.31 bits per heavy atom. The number of nitrogens with one attached hydrogen (secondary N) is 2. The molecule has 0 spiro atoms. The third-order valence-electron chi connectivity index (χ3n) is 4.29. The highest BCUT2D eigenvalue weighted by Gasteiger charge is 2.28. The first-order valence-electron chi connectivity index (χ1n) is 9.15. The third-order valence-corrected chi connectivity index (χ3v) is 4.29. The van der Waals surface area contributed by atoms with Gasteiger partial charge in [-0.1, -0.05) is 36.4 Å². The molecule has 2 rings (SSSR count). The van der Waals surface area contributed by atoms with Crippen LogP contribution in [-0.4, -0.2) is 45.2 Å². The van der Waals surface area contributed by atoms with E-state index in [4.69, 9.17) is 9.47 Å². The van der Waals surface area contributed by atoms with E-state index < -0.39 is 18.1 Å². The lowest BCUT2D eigenvalue weighted by molar-refractivity contribution is -0.147. The molecule has 154 valence electrons. The minimum Gasteiger partial charge on any atom is -0.468 e. The van der Waals surface area contributed by atoms with Crippen LogP contribution in [0.5, 0.6) is 0 Å². The summed E-state index contributed by atoms with van der Waals surface area (Å²) in [5.41, 5.74) is 7.64. The summed E-state index contributed by atoms with van der Waals surface area (Å²) in [7, 11) is 5.11. The lowest BCUT2D eigenvalue weighted by Gasteiger charge is -2.24. The number of methoxy groups -OCH3 is 1. The predicted molar refractivity (Wildman–Crippen MR) is 112 cm³/mol. The molecule has 0 bridgehead atoms. The largest absolute Gasteiger partial charge is 0.468 e. The van der Waals surface area contributed by atoms with Crippen molar-refractivity contribution in [1.29, 1.82) is 0 Å². The minimum absolute atomic E-state index is 0.284. The number of benzene rings is 2. The molecule has 1 amide bonds. The van der Waals surface area contributed by atoms with E-state index in [-0.39, 0.29) is 12.5 Å². The standard InChI is InChI=1S/C22H27N3O4/c1-5-19(29-15-16-9-7-6-8-10-16)20(22(27)28-4)23-24-21(26)17-11-13-18(14-12-17)25(2)3/h5-14,19-20,23H,1,15H2,2-4H3,(H,24,26)/t19-,20-/m0/s1. The molecule has 2 aromatic carbocycles. The van der Waals surface area contributed by atoms with Crippen molar-refractivity contribution >= 4 is 17.6 Å². The van der Waals surface area contributed by atoms with E-state index in [1.54, 1.807) is 12.1 Å². The Hall–Kier alpha value is -3.16. The van der Waals surface area contributed by atoms with Crippen LogP contribution in [0.1, 0.15) is 15.9 Å². The SMILES string of the molecule is C=C[C@H](OCc1ccccc1)[C@H](NNC(=O)c1ccc(N(C)C)cc1)C(=O)OC. The van der Waals surface area contributed by atoms with Crippen molar-refractivity contribution < 1.29 is 19.1 Å². The van der Waals surface area contributed by atoms with E-state index in [0.717, 1.165) is 11.3 Å². The Balaban J connectivity index is 2.01. The molecule has 0 aliphatic rings. The van der Waals surface area contributed by atoms with Gasteiger partial charge in [-0.15, -0.1) is 6.58 Å². The first kappa shape index (κ1) is 22.1. The van der Waals surface area contributed by atoms with Crippen LogP contribution in [0, 0.1) is 0 Å². The second kappa shape index (κ2) is 11.0. The summed E-state index contributed by atoms with van der Waals surface area (Å²) in [5, 5.41) is 0. The first-order chi connectivity index (χ1) is 14.0. The molecule has 0 heterocycles. The topological polar surface area (TPSA) is 79.9 Å². The summed E-state index contributed by atoms with van der Waals surface area (Å²) in [6.07, 6.45) is 0.786. The van der Waals surface area contributed by atoms with Gasteiger partial charge in [0, 0.05) is 25.3 Å². The number of carbonyl (C=O) groups is 2. The molecule has 0 aliphatic heterocycles. The molecule has 2 N–H and O–H groups in total. The first-order valence-corrected chi connectivity index (χ1v) is 9.15. The summed E-state index contributed by atoms with van der Waals surface area (Å²) in [4.78, 5) is 26.6. The van der Waals surface area contributed by atoms with E-state index in [0.29, 0.717) is 5.56 Å². The van der Waals surface area contributed by atoms with Crippen LogP contribution in [0.4, 0.5) is 5.69 Å². The fraction of sp³-hybridized carbons (Fsp3) is 0.273. The quantitative estimate of drug-likeness (QED) is 0.364. The fourth-order valence-electron chi connectivity index (χ4n) is 2.60. The second-order valence-electron chi connectivity index (χ2n) is 6.54. The number of hydrogen-bond donors (Lipinski definition) is 2. The van der Waals surface area contributed by atoms with Crippen LogP contribution in [0.3, 0.4) is 0 Å². The number of carbonyl (C=O) groups excluding carboxylic acids is 2. The van der Waals surface area contributed by atoms with Crippen molar-refractivity contribution in [3.63, 3.8) is 0 Å². The van der Waals surface area contributed by atoms with Crippen LogP contribution in [0.15, 0.2) is 67.3 Å². The maximum Gasteiger partial charge on any atom is 0.327 e. The lowest BCUT2D eigenvalue weighted by Crippen LogP contribution is -2.54. The van der Waals surface area contributed by atoms with Crippen molar-refractivity contribution in [1.82, 2.24) is 10.9 Å². The minimum atomic E-state index is -0.953. The van der Waals surface area contributed by atoms with Crippen molar-refractivity contribution in [3.8, 4) is 0 Å². The zero-order chi connectivity index (χ0) is 21.2. The molecule has 2 aromatic rings. The number of amides is 1. The van der Waals surface area contributed by atoms with Crippen LogP contribution < -0.4 is 15.8 Å². The third kappa shape index (κ3) is 6.44. The molecule has 0 saturated heterocycles. The second-order valence-corrected chi connectivity index (χ2v) is 6.54. The van der Waals surface area contributed by atoms with Crippen molar-refractivity contribution in [2.45, 2.75) is 18.8 Å². The summed E-state index contributed by atoms with van der Waals surface area (Å²) in [5.74, 6) is -0.957. The fourth-order valence-corrected chi connectivity index (χ4v) is 2.60. The summed E-state index contributed by atoms with van der Waals surface area (Å²) < 4.78 is 10.6. The Morgan fingerprint density at radius 1 is 1.10 bits per heavy atom. The van der Waals surface area contributed by atoms with E-state index >= 15 is 0 Å². The summed E-state index contributed by atoms with van der Waals surface area (Å²) in [6.45, 7) is 4.02. The highest BCUT2D eigenvalue weighted by atomic mass is 16.5. The van der Waals surface area contributed by atoms with E-state index in [1.165, 1.54) is 13.2 Å². The van der Waals surface area contributed by atoms with Gasteiger partial charge < -0.3 is 14.4 Å². The molecular weight excluding hydrogens is 370 g/mol. The van der Waals surface area contributed by atoms with Crippen LogP contribution in [-0.2, 0) is 20.9 Å². The zero-order valence-electron chi connectivity index (χ0n) is 16.9. The van der Waals surface area contributed by atoms with Gasteiger partial charge in [-0.25, -0.2) is 5.43 Å². The normalized spacial score (nSPS) is 12.5. The average Bonchev–Trinajstić information content (AvgIpc) is 2.76. The van der Waals surface area contributed by atoms with Crippen molar-refractivity contribution in [2.24, 2.45) is 0 Å². The van der Waals surface area contributed by atoms with Gasteiger partial charge in [0.1, 0.15) is 6.10 Å². The number of rotatable bonds is 10. The van der Waals surface area contributed by atoms with Gasteiger partial charge in [-0.2, -0.15) is 0 Å². The highest BCUT2D eigenvalue weighted by Crippen LogP contribution is 2.12. The summed E-state index contributed by atoms with van der Waals surface area (Å²) >= 11 is 0. The number of nitrogens with zero attached hydrogens (tertiary/aromatic N) is 1. The highest BCUT2D eigenvalue weighted by molar-refractivity contribution is 5.94. The van der Waals surface area contributed by atoms with Gasteiger partial charge in [0.15, 0.2) is 6.04 Å². The molecule has 0 radical (unpaired) electrons. The molecule has 0 aromatic heterocycles. The Kier molecular flexibility index (Phi) is 8.39. The molecule has 0 fully saturated rings. The number of hydrogen-bond acceptors (Lipinski definition) is 6. The molecule has 29 heavy (non-hydrogen) atoms. The van der Waals surface area contributed by atoms with Crippen LogP contribution >= 0.6 is 0 Å². The van der Waals surface area contributed by atoms with Gasteiger partial charge in [0.2, 0.25) is 0 Å². The molecule has 0 aliphatic carbocycles. The smallest absolute Gasteiger partial charge is 0.327 e. The van der Waals surface area contributed by atoms with E-state index in [2.05, 4.69) is 17.4 Å². The number of esters is 1. The molecule has 0 saturated carbocycles. The number of hydrazine groups is 1. The molecule has 2 atom stereocenters. The molecule has 7 heteroatoms. The van der Waals surface area contributed by atoms with Gasteiger partial charge in [-0.05, 0) is 29.8 Å². The molecule has 7 nitrogen and oxygen atoms in total. The Morgan fingerprint density at radius 2 is 1.76 bits per heavy atom. The average molecular weight is 397 g/mol.